The van der Waals surface area contributed by atoms with Crippen molar-refractivity contribution in [3.05, 3.63) is 76.0 Å². The number of anilines is 2. The molecule has 11 nitrogen and oxygen atoms in total. The van der Waals surface area contributed by atoms with Crippen molar-refractivity contribution in [1.82, 2.24) is 5.32 Å². The fourth-order valence-corrected chi connectivity index (χ4v) is 4.59. The number of halogens is 2. The van der Waals surface area contributed by atoms with Crippen LogP contribution < -0.4 is 34.5 Å². The fourth-order valence-electron chi connectivity index (χ4n) is 4.02. The summed E-state index contributed by atoms with van der Waals surface area (Å²) in [6.45, 7) is 2.01. The number of nitrogens with zero attached hydrogens (tertiary/aromatic N) is 1. The molecule has 2 N–H and O–H groups in total. The first-order chi connectivity index (χ1) is 20.6. The molecule has 1 fully saturated rings. The standard InChI is InChI=1S/C30H27BrFN3O8/c1-4-11-42-23-10-9-20(15-24(23)40-2)35-29(38)21(28(37)34-30(35)39)12-17-13-22(31)27(25(14-17)41-3)43-16-26(36)33-19-7-5-18(32)6-8-19/h5-10,12-15H,4,11,16H2,1-3H3,(H,33,36)(H,34,37,39)/b21-12-. The van der Waals surface area contributed by atoms with Crippen molar-refractivity contribution in [3.63, 3.8) is 0 Å². The van der Waals surface area contributed by atoms with E-state index in [0.717, 1.165) is 11.3 Å². The van der Waals surface area contributed by atoms with Crippen LogP contribution in [0.3, 0.4) is 0 Å². The highest BCUT2D eigenvalue weighted by Gasteiger charge is 2.37. The van der Waals surface area contributed by atoms with Gasteiger partial charge in [-0.15, -0.1) is 0 Å². The Hall–Kier alpha value is -4.91. The molecule has 224 valence electrons. The average Bonchev–Trinajstić information content (AvgIpc) is 2.98. The number of barbiturate groups is 1. The molecule has 43 heavy (non-hydrogen) atoms. The van der Waals surface area contributed by atoms with Crippen LogP contribution in [0, 0.1) is 5.82 Å². The van der Waals surface area contributed by atoms with Crippen LogP contribution in [0.25, 0.3) is 6.08 Å². The Balaban J connectivity index is 1.56. The van der Waals surface area contributed by atoms with Gasteiger partial charge in [-0.1, -0.05) is 6.92 Å². The number of methoxy groups -OCH3 is 2. The fraction of sp³-hybridized carbons (Fsp3) is 0.200. The second-order valence-corrected chi connectivity index (χ2v) is 9.87. The maximum atomic E-state index is 13.4. The summed E-state index contributed by atoms with van der Waals surface area (Å²) in [5.74, 6) is -1.53. The second-order valence-electron chi connectivity index (χ2n) is 9.02. The SMILES string of the molecule is CCCOc1ccc(N2C(=O)NC(=O)/C(=C/c3cc(Br)c(OCC(=O)Nc4ccc(F)cc4)c(OC)c3)C2=O)cc1OC. The van der Waals surface area contributed by atoms with Crippen LogP contribution in [0.2, 0.25) is 0 Å². The normalized spacial score (nSPS) is 13.9. The lowest BCUT2D eigenvalue weighted by Crippen LogP contribution is -2.54. The number of carbonyl (C=O) groups excluding carboxylic acids is 4. The number of hydrogen-bond acceptors (Lipinski definition) is 8. The highest BCUT2D eigenvalue weighted by Crippen LogP contribution is 2.38. The third kappa shape index (κ3) is 7.30. The second kappa shape index (κ2) is 13.8. The molecular weight excluding hydrogens is 629 g/mol. The minimum atomic E-state index is -0.919. The highest BCUT2D eigenvalue weighted by molar-refractivity contribution is 9.10. The van der Waals surface area contributed by atoms with Gasteiger partial charge in [0.2, 0.25) is 0 Å². The summed E-state index contributed by atoms with van der Waals surface area (Å²) < 4.78 is 35.5. The van der Waals surface area contributed by atoms with Gasteiger partial charge in [-0.3, -0.25) is 19.7 Å². The quantitative estimate of drug-likeness (QED) is 0.216. The number of ether oxygens (including phenoxy) is 4. The number of amides is 5. The van der Waals surface area contributed by atoms with E-state index in [0.29, 0.717) is 33.8 Å². The largest absolute Gasteiger partial charge is 0.493 e. The van der Waals surface area contributed by atoms with Crippen molar-refractivity contribution < 1.29 is 42.5 Å². The van der Waals surface area contributed by atoms with E-state index in [2.05, 4.69) is 26.6 Å². The van der Waals surface area contributed by atoms with Gasteiger partial charge in [0, 0.05) is 11.8 Å². The van der Waals surface area contributed by atoms with Crippen LogP contribution in [0.4, 0.5) is 20.6 Å². The van der Waals surface area contributed by atoms with Crippen LogP contribution in [-0.2, 0) is 14.4 Å². The van der Waals surface area contributed by atoms with Crippen LogP contribution in [0.15, 0.2) is 64.6 Å². The van der Waals surface area contributed by atoms with E-state index >= 15 is 0 Å². The number of nitrogens with one attached hydrogen (secondary N) is 2. The first kappa shape index (κ1) is 31.0. The smallest absolute Gasteiger partial charge is 0.335 e. The number of carbonyl (C=O) groups is 4. The molecule has 0 aromatic heterocycles. The van der Waals surface area contributed by atoms with Gasteiger partial charge in [0.15, 0.2) is 29.6 Å². The Morgan fingerprint density at radius 1 is 0.977 bits per heavy atom. The zero-order valence-electron chi connectivity index (χ0n) is 23.4. The van der Waals surface area contributed by atoms with Crippen molar-refractivity contribution in [3.8, 4) is 23.0 Å². The van der Waals surface area contributed by atoms with Gasteiger partial charge in [0.1, 0.15) is 11.4 Å². The van der Waals surface area contributed by atoms with E-state index in [4.69, 9.17) is 18.9 Å². The summed E-state index contributed by atoms with van der Waals surface area (Å²) >= 11 is 3.37. The summed E-state index contributed by atoms with van der Waals surface area (Å²) in [5, 5.41) is 4.77. The maximum Gasteiger partial charge on any atom is 0.335 e. The van der Waals surface area contributed by atoms with Gasteiger partial charge < -0.3 is 24.3 Å². The summed E-state index contributed by atoms with van der Waals surface area (Å²) in [5.41, 5.74) is 0.611. The molecular formula is C30H27BrFN3O8. The molecule has 0 unspecified atom stereocenters. The molecule has 0 atom stereocenters. The number of benzene rings is 3. The predicted octanol–water partition coefficient (Wildman–Crippen LogP) is 5.08. The van der Waals surface area contributed by atoms with Crippen molar-refractivity contribution in [2.75, 3.05) is 37.7 Å². The van der Waals surface area contributed by atoms with Gasteiger partial charge in [-0.05, 0) is 82.5 Å². The highest BCUT2D eigenvalue weighted by atomic mass is 79.9. The van der Waals surface area contributed by atoms with Crippen molar-refractivity contribution >= 4 is 57.1 Å². The molecule has 4 rings (SSSR count). The minimum Gasteiger partial charge on any atom is -0.493 e. The molecule has 0 spiro atoms. The average molecular weight is 656 g/mol. The van der Waals surface area contributed by atoms with Gasteiger partial charge >= 0.3 is 6.03 Å². The molecule has 0 radical (unpaired) electrons. The van der Waals surface area contributed by atoms with E-state index in [1.54, 1.807) is 12.1 Å². The van der Waals surface area contributed by atoms with E-state index in [-0.39, 0.29) is 22.8 Å². The Bertz CT molecular complexity index is 1590. The third-order valence-corrected chi connectivity index (χ3v) is 6.60. The molecule has 1 aliphatic rings. The zero-order valence-corrected chi connectivity index (χ0v) is 24.9. The van der Waals surface area contributed by atoms with Gasteiger partial charge in [0.25, 0.3) is 17.7 Å². The monoisotopic (exact) mass is 655 g/mol. The number of imide groups is 2. The third-order valence-electron chi connectivity index (χ3n) is 6.01. The van der Waals surface area contributed by atoms with E-state index < -0.39 is 36.2 Å². The van der Waals surface area contributed by atoms with Gasteiger partial charge in [-0.2, -0.15) is 0 Å². The van der Waals surface area contributed by atoms with Crippen molar-refractivity contribution in [2.24, 2.45) is 0 Å². The van der Waals surface area contributed by atoms with E-state index in [1.807, 2.05) is 6.92 Å². The molecule has 3 aromatic carbocycles. The molecule has 0 aliphatic carbocycles. The number of rotatable bonds is 11. The molecule has 1 saturated heterocycles. The Morgan fingerprint density at radius 2 is 1.70 bits per heavy atom. The lowest BCUT2D eigenvalue weighted by atomic mass is 10.1. The molecule has 13 heteroatoms. The van der Waals surface area contributed by atoms with Crippen LogP contribution in [0.1, 0.15) is 18.9 Å². The van der Waals surface area contributed by atoms with Crippen LogP contribution in [0.5, 0.6) is 23.0 Å². The van der Waals surface area contributed by atoms with Gasteiger partial charge in [-0.25, -0.2) is 14.1 Å². The van der Waals surface area contributed by atoms with Crippen molar-refractivity contribution in [1.29, 1.82) is 0 Å². The number of hydrogen-bond donors (Lipinski definition) is 2. The van der Waals surface area contributed by atoms with E-state index in [9.17, 15) is 23.6 Å². The maximum absolute atomic E-state index is 13.4. The summed E-state index contributed by atoms with van der Waals surface area (Å²) in [6.07, 6.45) is 2.07. The Labute approximate surface area is 254 Å². The zero-order chi connectivity index (χ0) is 31.1. The topological polar surface area (TPSA) is 132 Å². The molecule has 1 heterocycles. The first-order valence-corrected chi connectivity index (χ1v) is 13.7. The molecule has 5 amide bonds. The Kier molecular flexibility index (Phi) is 9.99. The molecule has 0 saturated carbocycles. The summed E-state index contributed by atoms with van der Waals surface area (Å²) in [7, 11) is 2.81. The lowest BCUT2D eigenvalue weighted by molar-refractivity contribution is -0.122. The molecule has 3 aromatic rings. The van der Waals surface area contributed by atoms with Crippen molar-refractivity contribution in [2.45, 2.75) is 13.3 Å². The predicted molar refractivity (Wildman–Crippen MR) is 159 cm³/mol. The molecule has 1 aliphatic heterocycles. The molecule has 0 bridgehead atoms. The first-order valence-electron chi connectivity index (χ1n) is 12.9. The number of urea groups is 1. The van der Waals surface area contributed by atoms with Gasteiger partial charge in [0.05, 0.1) is 31.0 Å². The minimum absolute atomic E-state index is 0.169. The van der Waals surface area contributed by atoms with Crippen LogP contribution >= 0.6 is 15.9 Å². The van der Waals surface area contributed by atoms with Crippen LogP contribution in [-0.4, -0.2) is 51.2 Å². The summed E-state index contributed by atoms with van der Waals surface area (Å²) in [4.78, 5) is 52.0. The van der Waals surface area contributed by atoms with E-state index in [1.165, 1.54) is 62.8 Å². The summed E-state index contributed by atoms with van der Waals surface area (Å²) in [6, 6.07) is 11.9. The Morgan fingerprint density at radius 3 is 2.37 bits per heavy atom. The lowest BCUT2D eigenvalue weighted by Gasteiger charge is -2.27.